The molecular formula is C20H14F6N2O2. The van der Waals surface area contributed by atoms with E-state index in [0.29, 0.717) is 0 Å². The van der Waals surface area contributed by atoms with Crippen molar-refractivity contribution in [1.29, 1.82) is 0 Å². The van der Waals surface area contributed by atoms with Crippen molar-refractivity contribution < 1.29 is 35.9 Å². The first-order valence-electron chi connectivity index (χ1n) is 8.62. The van der Waals surface area contributed by atoms with Crippen LogP contribution in [0.15, 0.2) is 48.7 Å². The molecule has 3 aromatic rings. The van der Waals surface area contributed by atoms with E-state index in [1.54, 1.807) is 0 Å². The zero-order valence-electron chi connectivity index (χ0n) is 15.4. The van der Waals surface area contributed by atoms with E-state index in [2.05, 4.69) is 10.3 Å². The Morgan fingerprint density at radius 1 is 1.03 bits per heavy atom. The Bertz CT molecular complexity index is 1090. The number of alkyl halides is 6. The molecule has 0 aliphatic heterocycles. The lowest BCUT2D eigenvalue weighted by Gasteiger charge is -2.18. The van der Waals surface area contributed by atoms with Gasteiger partial charge >= 0.3 is 18.3 Å². The molecule has 0 fully saturated rings. The topological polar surface area (TPSA) is 51.2 Å². The second-order valence-corrected chi connectivity index (χ2v) is 6.17. The predicted octanol–water partition coefficient (Wildman–Crippen LogP) is 6.19. The van der Waals surface area contributed by atoms with Crippen LogP contribution < -0.4 is 5.32 Å². The normalized spacial score (nSPS) is 12.1. The van der Waals surface area contributed by atoms with Crippen molar-refractivity contribution in [2.75, 3.05) is 11.9 Å². The van der Waals surface area contributed by atoms with Crippen LogP contribution >= 0.6 is 0 Å². The molecule has 0 saturated carbocycles. The minimum atomic E-state index is -4.69. The fourth-order valence-corrected chi connectivity index (χ4v) is 2.84. The molecule has 0 aliphatic rings. The maximum atomic E-state index is 13.4. The van der Waals surface area contributed by atoms with E-state index >= 15 is 0 Å². The van der Waals surface area contributed by atoms with Gasteiger partial charge in [0.2, 0.25) is 0 Å². The van der Waals surface area contributed by atoms with Gasteiger partial charge in [-0.1, -0.05) is 18.2 Å². The highest BCUT2D eigenvalue weighted by Gasteiger charge is 2.34. The highest BCUT2D eigenvalue weighted by molar-refractivity contribution is 6.06. The van der Waals surface area contributed by atoms with Crippen molar-refractivity contribution in [3.63, 3.8) is 0 Å². The number of nitrogens with zero attached hydrogens (tertiary/aromatic N) is 1. The van der Waals surface area contributed by atoms with Crippen molar-refractivity contribution in [1.82, 2.24) is 4.98 Å². The Morgan fingerprint density at radius 3 is 2.37 bits per heavy atom. The summed E-state index contributed by atoms with van der Waals surface area (Å²) in [6, 6.07) is 7.11. The van der Waals surface area contributed by atoms with Gasteiger partial charge in [-0.3, -0.25) is 4.98 Å². The Morgan fingerprint density at radius 2 is 1.73 bits per heavy atom. The predicted molar refractivity (Wildman–Crippen MR) is 97.4 cm³/mol. The minimum Gasteiger partial charge on any atom is -0.462 e. The van der Waals surface area contributed by atoms with Gasteiger partial charge < -0.3 is 10.1 Å². The molecule has 4 nitrogen and oxygen atoms in total. The van der Waals surface area contributed by atoms with E-state index < -0.39 is 29.4 Å². The van der Waals surface area contributed by atoms with Gasteiger partial charge in [-0.2, -0.15) is 26.3 Å². The van der Waals surface area contributed by atoms with Crippen LogP contribution in [-0.2, 0) is 17.1 Å². The average Bonchev–Trinajstić information content (AvgIpc) is 2.67. The van der Waals surface area contributed by atoms with Gasteiger partial charge in [0.05, 0.1) is 34.6 Å². The number of hydrogen-bond donors (Lipinski definition) is 1. The van der Waals surface area contributed by atoms with Crippen LogP contribution in [0.2, 0.25) is 0 Å². The van der Waals surface area contributed by atoms with Crippen LogP contribution in [0.5, 0.6) is 0 Å². The zero-order chi connectivity index (χ0) is 22.1. The van der Waals surface area contributed by atoms with E-state index in [4.69, 9.17) is 4.74 Å². The van der Waals surface area contributed by atoms with E-state index in [0.717, 1.165) is 36.5 Å². The van der Waals surface area contributed by atoms with Gasteiger partial charge in [0.25, 0.3) is 0 Å². The Balaban J connectivity index is 2.22. The summed E-state index contributed by atoms with van der Waals surface area (Å²) in [7, 11) is 0. The lowest BCUT2D eigenvalue weighted by molar-refractivity contribution is -0.138. The fraction of sp³-hybridized carbons (Fsp3) is 0.200. The van der Waals surface area contributed by atoms with Crippen LogP contribution in [0.1, 0.15) is 28.4 Å². The molecule has 0 atom stereocenters. The number of rotatable bonds is 4. The number of carbonyl (C=O) groups excluding carboxylic acids is 1. The summed E-state index contributed by atoms with van der Waals surface area (Å²) < 4.78 is 84.0. The number of para-hydroxylation sites is 1. The fourth-order valence-electron chi connectivity index (χ4n) is 2.84. The quantitative estimate of drug-likeness (QED) is 0.398. The van der Waals surface area contributed by atoms with Gasteiger partial charge in [0.15, 0.2) is 0 Å². The molecule has 0 aliphatic carbocycles. The summed E-state index contributed by atoms with van der Waals surface area (Å²) in [5, 5.41) is 2.58. The lowest BCUT2D eigenvalue weighted by Crippen LogP contribution is -2.12. The van der Waals surface area contributed by atoms with Crippen LogP contribution in [0.3, 0.4) is 0 Å². The maximum Gasteiger partial charge on any atom is 0.418 e. The molecule has 0 unspecified atom stereocenters. The van der Waals surface area contributed by atoms with Gasteiger partial charge in [0.1, 0.15) is 5.56 Å². The van der Waals surface area contributed by atoms with Crippen molar-refractivity contribution in [3.8, 4) is 0 Å². The SMILES string of the molecule is CCOC(=O)c1cnc2cc(C(F)(F)F)ccc2c1Nc1ccccc1C(F)(F)F. The summed E-state index contributed by atoms with van der Waals surface area (Å²) in [5.74, 6) is -0.876. The molecule has 3 rings (SSSR count). The lowest BCUT2D eigenvalue weighted by atomic mass is 10.1. The first kappa shape index (κ1) is 21.4. The van der Waals surface area contributed by atoms with Crippen molar-refractivity contribution in [2.24, 2.45) is 0 Å². The minimum absolute atomic E-state index is 0.0114. The third-order valence-electron chi connectivity index (χ3n) is 4.18. The molecular weight excluding hydrogens is 414 g/mol. The molecule has 10 heteroatoms. The number of anilines is 2. The number of fused-ring (bicyclic) bond motifs is 1. The van der Waals surface area contributed by atoms with Gasteiger partial charge in [0, 0.05) is 11.6 Å². The molecule has 158 valence electrons. The summed E-state index contributed by atoms with van der Waals surface area (Å²) in [6.07, 6.45) is -8.36. The molecule has 0 bridgehead atoms. The number of esters is 1. The second kappa shape index (κ2) is 7.85. The summed E-state index contributed by atoms with van der Waals surface area (Å²) in [4.78, 5) is 16.2. The molecule has 0 spiro atoms. The third-order valence-corrected chi connectivity index (χ3v) is 4.18. The third kappa shape index (κ3) is 4.32. The first-order valence-corrected chi connectivity index (χ1v) is 8.62. The largest absolute Gasteiger partial charge is 0.462 e. The number of ether oxygens (including phenoxy) is 1. The van der Waals surface area contributed by atoms with Crippen LogP contribution in [0.4, 0.5) is 37.7 Å². The summed E-state index contributed by atoms with van der Waals surface area (Å²) >= 11 is 0. The molecule has 1 aromatic heterocycles. The molecule has 1 N–H and O–H groups in total. The summed E-state index contributed by atoms with van der Waals surface area (Å²) in [6.45, 7) is 1.52. The monoisotopic (exact) mass is 428 g/mol. The number of pyridine rings is 1. The van der Waals surface area contributed by atoms with Crippen LogP contribution in [-0.4, -0.2) is 17.6 Å². The van der Waals surface area contributed by atoms with Crippen molar-refractivity contribution in [3.05, 3.63) is 65.4 Å². The average molecular weight is 428 g/mol. The van der Waals surface area contributed by atoms with Gasteiger partial charge in [-0.25, -0.2) is 4.79 Å². The molecule has 30 heavy (non-hydrogen) atoms. The highest BCUT2D eigenvalue weighted by Crippen LogP contribution is 2.39. The Labute approximate surface area is 166 Å². The highest BCUT2D eigenvalue weighted by atomic mass is 19.4. The zero-order valence-corrected chi connectivity index (χ0v) is 15.4. The van der Waals surface area contributed by atoms with Gasteiger partial charge in [-0.05, 0) is 31.2 Å². The molecule has 0 amide bonds. The molecule has 0 saturated heterocycles. The van der Waals surface area contributed by atoms with Gasteiger partial charge in [-0.15, -0.1) is 0 Å². The van der Waals surface area contributed by atoms with Crippen LogP contribution in [0.25, 0.3) is 10.9 Å². The smallest absolute Gasteiger partial charge is 0.418 e. The second-order valence-electron chi connectivity index (χ2n) is 6.17. The molecule has 1 heterocycles. The van der Waals surface area contributed by atoms with Crippen LogP contribution in [0, 0.1) is 0 Å². The standard InChI is InChI=1S/C20H14F6N2O2/c1-2-30-18(29)13-10-27-16-9-11(19(21,22)23)7-8-12(16)17(13)28-15-6-4-3-5-14(15)20(24,25)26/h3-10H,2H2,1H3,(H,27,28). The molecule has 0 radical (unpaired) electrons. The number of aromatic nitrogens is 1. The Kier molecular flexibility index (Phi) is 5.60. The van der Waals surface area contributed by atoms with E-state index in [1.165, 1.54) is 19.1 Å². The maximum absolute atomic E-state index is 13.4. The number of benzene rings is 2. The number of nitrogens with one attached hydrogen (secondary N) is 1. The van der Waals surface area contributed by atoms with E-state index in [1.807, 2.05) is 0 Å². The Hall–Kier alpha value is -3.30. The number of hydrogen-bond acceptors (Lipinski definition) is 4. The van der Waals surface area contributed by atoms with E-state index in [9.17, 15) is 31.1 Å². The first-order chi connectivity index (χ1) is 14.0. The summed E-state index contributed by atoms with van der Waals surface area (Å²) in [5.41, 5.74) is -2.84. The molecule has 2 aromatic carbocycles. The van der Waals surface area contributed by atoms with E-state index in [-0.39, 0.29) is 34.4 Å². The number of carbonyl (C=O) groups is 1. The van der Waals surface area contributed by atoms with Crippen molar-refractivity contribution in [2.45, 2.75) is 19.3 Å². The van der Waals surface area contributed by atoms with Crippen molar-refractivity contribution >= 4 is 28.2 Å². The number of halogens is 6.